The first kappa shape index (κ1) is 22.6. The lowest BCUT2D eigenvalue weighted by atomic mass is 9.94. The van der Waals surface area contributed by atoms with Gasteiger partial charge in [0.15, 0.2) is 11.5 Å². The molecule has 0 aliphatic rings. The van der Waals surface area contributed by atoms with Gasteiger partial charge in [0.25, 0.3) is 0 Å². The molecular weight excluding hydrogens is 373 g/mol. The Hall–Kier alpha value is -1.46. The Labute approximate surface area is 166 Å². The van der Waals surface area contributed by atoms with E-state index in [9.17, 15) is 5.11 Å². The summed E-state index contributed by atoms with van der Waals surface area (Å²) in [6, 6.07) is 13.3. The van der Waals surface area contributed by atoms with Crippen LogP contribution in [0.2, 0.25) is 5.02 Å². The van der Waals surface area contributed by atoms with Gasteiger partial charge in [-0.1, -0.05) is 35.9 Å². The minimum Gasteiger partial charge on any atom is -0.493 e. The van der Waals surface area contributed by atoms with Crippen molar-refractivity contribution in [3.63, 3.8) is 0 Å². The number of nitrogens with one attached hydrogen (secondary N) is 1. The molecule has 0 saturated carbocycles. The minimum absolute atomic E-state index is 0. The molecule has 4 nitrogen and oxygen atoms in total. The van der Waals surface area contributed by atoms with Crippen LogP contribution in [-0.4, -0.2) is 31.4 Å². The molecule has 2 aromatic carbocycles. The molecule has 2 rings (SSSR count). The molecule has 0 radical (unpaired) electrons. The number of aliphatic hydroxyl groups is 1. The van der Waals surface area contributed by atoms with E-state index in [1.54, 1.807) is 20.3 Å². The van der Waals surface area contributed by atoms with Crippen molar-refractivity contribution in [2.45, 2.75) is 31.9 Å². The highest BCUT2D eigenvalue weighted by Gasteiger charge is 2.21. The Morgan fingerprint density at radius 1 is 1.08 bits per heavy atom. The van der Waals surface area contributed by atoms with E-state index in [0.717, 1.165) is 17.5 Å². The number of halogens is 2. The van der Waals surface area contributed by atoms with Crippen LogP contribution in [0.15, 0.2) is 42.5 Å². The fourth-order valence-corrected chi connectivity index (χ4v) is 3.05. The molecule has 0 amide bonds. The lowest BCUT2D eigenvalue weighted by molar-refractivity contribution is 0.161. The second kappa shape index (κ2) is 10.0. The molecule has 0 spiro atoms. The maximum absolute atomic E-state index is 10.4. The summed E-state index contributed by atoms with van der Waals surface area (Å²) in [6.07, 6.45) is 0.126. The van der Waals surface area contributed by atoms with Crippen LogP contribution in [0, 0.1) is 0 Å². The Balaban J connectivity index is 0.00000338. The van der Waals surface area contributed by atoms with Gasteiger partial charge in [-0.25, -0.2) is 0 Å². The van der Waals surface area contributed by atoms with Gasteiger partial charge in [0.05, 0.1) is 20.3 Å². The van der Waals surface area contributed by atoms with Crippen molar-refractivity contribution in [2.75, 3.05) is 20.8 Å². The summed E-state index contributed by atoms with van der Waals surface area (Å²) in [4.78, 5) is 0. The molecule has 0 aromatic heterocycles. The van der Waals surface area contributed by atoms with Gasteiger partial charge in [-0.05, 0) is 44.0 Å². The van der Waals surface area contributed by atoms with Gasteiger partial charge in [-0.3, -0.25) is 0 Å². The van der Waals surface area contributed by atoms with Crippen LogP contribution in [0.5, 0.6) is 11.5 Å². The van der Waals surface area contributed by atoms with E-state index in [1.165, 1.54) is 0 Å². The third-order valence-corrected chi connectivity index (χ3v) is 4.48. The van der Waals surface area contributed by atoms with Crippen LogP contribution in [0.3, 0.4) is 0 Å². The normalized spacial score (nSPS) is 12.2. The van der Waals surface area contributed by atoms with Gasteiger partial charge in [0.1, 0.15) is 0 Å². The zero-order valence-corrected chi connectivity index (χ0v) is 17.2. The first-order valence-corrected chi connectivity index (χ1v) is 8.62. The predicted octanol–water partition coefficient (Wildman–Crippen LogP) is 4.42. The largest absolute Gasteiger partial charge is 0.493 e. The summed E-state index contributed by atoms with van der Waals surface area (Å²) in [5.41, 5.74) is 1.66. The summed E-state index contributed by atoms with van der Waals surface area (Å²) >= 11 is 6.15. The topological polar surface area (TPSA) is 50.7 Å². The van der Waals surface area contributed by atoms with Gasteiger partial charge in [0, 0.05) is 22.7 Å². The van der Waals surface area contributed by atoms with Crippen LogP contribution in [0.4, 0.5) is 0 Å². The highest BCUT2D eigenvalue weighted by atomic mass is 35.5. The highest BCUT2D eigenvalue weighted by Crippen LogP contribution is 2.29. The quantitative estimate of drug-likeness (QED) is 0.689. The first-order chi connectivity index (χ1) is 11.9. The van der Waals surface area contributed by atoms with E-state index in [4.69, 9.17) is 21.1 Å². The summed E-state index contributed by atoms with van der Waals surface area (Å²) in [5, 5.41) is 14.4. The predicted molar refractivity (Wildman–Crippen MR) is 109 cm³/mol. The zero-order chi connectivity index (χ0) is 18.4. The number of β-amino-alcohol motifs (C(OH)–C–C–N with tert-alkyl or cyclic N) is 1. The van der Waals surface area contributed by atoms with E-state index in [-0.39, 0.29) is 17.9 Å². The number of benzene rings is 2. The molecule has 1 unspecified atom stereocenters. The first-order valence-electron chi connectivity index (χ1n) is 8.24. The molecule has 6 heteroatoms. The Morgan fingerprint density at radius 2 is 1.73 bits per heavy atom. The van der Waals surface area contributed by atoms with Crippen molar-refractivity contribution < 1.29 is 14.6 Å². The van der Waals surface area contributed by atoms with Crippen LogP contribution < -0.4 is 14.8 Å². The van der Waals surface area contributed by atoms with Crippen molar-refractivity contribution in [2.24, 2.45) is 0 Å². The lowest BCUT2D eigenvalue weighted by Gasteiger charge is -2.28. The van der Waals surface area contributed by atoms with Gasteiger partial charge in [-0.15, -0.1) is 12.4 Å². The van der Waals surface area contributed by atoms with E-state index in [1.807, 2.05) is 36.4 Å². The van der Waals surface area contributed by atoms with E-state index < -0.39 is 6.10 Å². The highest BCUT2D eigenvalue weighted by molar-refractivity contribution is 6.31. The molecule has 1 atom stereocenters. The van der Waals surface area contributed by atoms with Crippen molar-refractivity contribution in [1.82, 2.24) is 5.32 Å². The maximum Gasteiger partial charge on any atom is 0.160 e. The zero-order valence-electron chi connectivity index (χ0n) is 15.6. The number of methoxy groups -OCH3 is 2. The number of hydrogen-bond donors (Lipinski definition) is 2. The molecule has 0 heterocycles. The standard InChI is InChI=1S/C20H26ClNO3.ClH/c1-20(2,12-14-9-10-18(24-3)19(11-14)25-4)22-13-17(23)15-7-5-6-8-16(15)21;/h5-11,17,22-23H,12-13H2,1-4H3;1H. The van der Waals surface area contributed by atoms with Gasteiger partial charge < -0.3 is 19.9 Å². The van der Waals surface area contributed by atoms with Crippen LogP contribution in [0.1, 0.15) is 31.1 Å². The molecule has 0 fully saturated rings. The monoisotopic (exact) mass is 399 g/mol. The summed E-state index contributed by atoms with van der Waals surface area (Å²) < 4.78 is 10.6. The van der Waals surface area contributed by atoms with Crippen LogP contribution in [-0.2, 0) is 6.42 Å². The van der Waals surface area contributed by atoms with Gasteiger partial charge in [-0.2, -0.15) is 0 Å². The van der Waals surface area contributed by atoms with Gasteiger partial charge >= 0.3 is 0 Å². The van der Waals surface area contributed by atoms with Crippen LogP contribution >= 0.6 is 24.0 Å². The molecule has 144 valence electrons. The average molecular weight is 400 g/mol. The van der Waals surface area contributed by atoms with E-state index in [0.29, 0.717) is 23.1 Å². The fourth-order valence-electron chi connectivity index (χ4n) is 2.79. The number of rotatable bonds is 8. The van der Waals surface area contributed by atoms with Crippen molar-refractivity contribution >= 4 is 24.0 Å². The molecule has 2 aromatic rings. The Morgan fingerprint density at radius 3 is 2.35 bits per heavy atom. The lowest BCUT2D eigenvalue weighted by Crippen LogP contribution is -2.43. The van der Waals surface area contributed by atoms with E-state index >= 15 is 0 Å². The molecular formula is C20H27Cl2NO3. The summed E-state index contributed by atoms with van der Waals surface area (Å²) in [6.45, 7) is 4.62. The second-order valence-corrected chi connectivity index (χ2v) is 7.08. The number of ether oxygens (including phenoxy) is 2. The Kier molecular flexibility index (Phi) is 8.71. The minimum atomic E-state index is -0.654. The van der Waals surface area contributed by atoms with E-state index in [2.05, 4.69) is 19.2 Å². The summed E-state index contributed by atoms with van der Waals surface area (Å²) in [5.74, 6) is 1.43. The Bertz CT molecular complexity index is 707. The third kappa shape index (κ3) is 6.06. The fraction of sp³-hybridized carbons (Fsp3) is 0.400. The molecule has 0 aliphatic heterocycles. The van der Waals surface area contributed by atoms with Crippen molar-refractivity contribution in [1.29, 1.82) is 0 Å². The molecule has 2 N–H and O–H groups in total. The molecule has 0 bridgehead atoms. The average Bonchev–Trinajstić information content (AvgIpc) is 2.59. The van der Waals surface area contributed by atoms with Crippen LogP contribution in [0.25, 0.3) is 0 Å². The third-order valence-electron chi connectivity index (χ3n) is 4.13. The molecule has 0 aliphatic carbocycles. The molecule has 26 heavy (non-hydrogen) atoms. The van der Waals surface area contributed by atoms with Crippen molar-refractivity contribution in [3.8, 4) is 11.5 Å². The smallest absolute Gasteiger partial charge is 0.160 e. The molecule has 0 saturated heterocycles. The SMILES string of the molecule is COc1ccc(CC(C)(C)NCC(O)c2ccccc2Cl)cc1OC.Cl. The maximum atomic E-state index is 10.4. The summed E-state index contributed by atoms with van der Waals surface area (Å²) in [7, 11) is 3.25. The van der Waals surface area contributed by atoms with Gasteiger partial charge in [0.2, 0.25) is 0 Å². The number of aliphatic hydroxyl groups excluding tert-OH is 1. The van der Waals surface area contributed by atoms with Crippen molar-refractivity contribution in [3.05, 3.63) is 58.6 Å². The number of hydrogen-bond acceptors (Lipinski definition) is 4. The second-order valence-electron chi connectivity index (χ2n) is 6.67.